The van der Waals surface area contributed by atoms with E-state index in [4.69, 9.17) is 4.74 Å². The largest absolute Gasteiger partial charge is 0.372 e. The van der Waals surface area contributed by atoms with Gasteiger partial charge in [0.25, 0.3) is 5.91 Å². The van der Waals surface area contributed by atoms with Crippen LogP contribution in [-0.2, 0) is 26.3 Å². The number of hydrogen-bond donors (Lipinski definition) is 1. The van der Waals surface area contributed by atoms with E-state index in [-0.39, 0.29) is 30.6 Å². The normalized spacial score (nSPS) is 30.4. The van der Waals surface area contributed by atoms with E-state index in [1.807, 2.05) is 38.1 Å². The summed E-state index contributed by atoms with van der Waals surface area (Å²) in [5, 5.41) is 2.89. The Morgan fingerprint density at radius 1 is 1.22 bits per heavy atom. The van der Waals surface area contributed by atoms with Crippen LogP contribution in [0.15, 0.2) is 24.3 Å². The molecule has 2 fully saturated rings. The summed E-state index contributed by atoms with van der Waals surface area (Å²) in [5.74, 6) is -0.538. The van der Waals surface area contributed by atoms with E-state index in [9.17, 15) is 14.4 Å². The van der Waals surface area contributed by atoms with Crippen LogP contribution >= 0.6 is 0 Å². The molecule has 1 spiro atoms. The lowest BCUT2D eigenvalue weighted by Gasteiger charge is -2.36. The van der Waals surface area contributed by atoms with Crippen molar-refractivity contribution in [1.82, 2.24) is 15.1 Å². The number of ether oxygens (including phenoxy) is 1. The number of urea groups is 1. The van der Waals surface area contributed by atoms with Crippen molar-refractivity contribution in [2.24, 2.45) is 0 Å². The van der Waals surface area contributed by atoms with Gasteiger partial charge in [-0.3, -0.25) is 14.5 Å². The van der Waals surface area contributed by atoms with E-state index in [0.29, 0.717) is 19.5 Å². The second kappa shape index (κ2) is 6.64. The zero-order chi connectivity index (χ0) is 19.2. The number of hydrogen-bond acceptors (Lipinski definition) is 4. The molecular formula is C20H25N3O4. The minimum atomic E-state index is -1.03. The second-order valence-electron chi connectivity index (χ2n) is 7.79. The third-order valence-corrected chi connectivity index (χ3v) is 5.72. The number of nitrogens with one attached hydrogen (secondary N) is 1. The van der Waals surface area contributed by atoms with Crippen molar-refractivity contribution in [2.45, 2.75) is 50.9 Å². The summed E-state index contributed by atoms with van der Waals surface area (Å²) < 4.78 is 5.65. The third-order valence-electron chi connectivity index (χ3n) is 5.72. The summed E-state index contributed by atoms with van der Waals surface area (Å²) in [5.41, 5.74) is 0.914. The molecule has 0 aromatic heterocycles. The minimum absolute atomic E-state index is 0.0580. The van der Waals surface area contributed by atoms with Crippen LogP contribution in [0.4, 0.5) is 4.79 Å². The van der Waals surface area contributed by atoms with Crippen LogP contribution < -0.4 is 5.32 Å². The molecule has 0 radical (unpaired) electrons. The Balaban J connectivity index is 1.55. The number of carbonyl (C=O) groups excluding carboxylic acids is 3. The monoisotopic (exact) mass is 371 g/mol. The van der Waals surface area contributed by atoms with Gasteiger partial charge in [-0.05, 0) is 44.2 Å². The molecule has 2 saturated heterocycles. The first-order valence-electron chi connectivity index (χ1n) is 9.56. The van der Waals surface area contributed by atoms with Gasteiger partial charge in [-0.25, -0.2) is 4.79 Å². The van der Waals surface area contributed by atoms with Crippen molar-refractivity contribution < 1.29 is 19.1 Å². The minimum Gasteiger partial charge on any atom is -0.372 e. The number of rotatable bonds is 2. The van der Waals surface area contributed by atoms with Crippen molar-refractivity contribution in [2.75, 3.05) is 19.6 Å². The SMILES string of the molecule is C[C@@H]1CN(C(=O)CN2C(=O)N[C@@]3(CCCc4ccccc43)C2=O)C[C@@H](C)O1. The van der Waals surface area contributed by atoms with Crippen LogP contribution in [0.3, 0.4) is 0 Å². The predicted octanol–water partition coefficient (Wildman–Crippen LogP) is 1.41. The van der Waals surface area contributed by atoms with Crippen LogP contribution in [0.25, 0.3) is 0 Å². The molecule has 7 heteroatoms. The van der Waals surface area contributed by atoms with Crippen molar-refractivity contribution >= 4 is 17.8 Å². The summed E-state index contributed by atoms with van der Waals surface area (Å²) >= 11 is 0. The molecule has 3 aliphatic rings. The standard InChI is InChI=1S/C20H25N3O4/c1-13-10-22(11-14(2)27-13)17(24)12-23-18(25)20(21-19(23)26)9-5-7-15-6-3-4-8-16(15)20/h3-4,6,8,13-14H,5,7,9-12H2,1-2H3,(H,21,26)/t13-,14-,20-/m1/s1. The number of morpholine rings is 1. The first-order chi connectivity index (χ1) is 12.9. The zero-order valence-corrected chi connectivity index (χ0v) is 15.7. The number of benzene rings is 1. The molecule has 144 valence electrons. The number of aryl methyl sites for hydroxylation is 1. The molecule has 7 nitrogen and oxygen atoms in total. The molecule has 0 unspecified atom stereocenters. The second-order valence-corrected chi connectivity index (χ2v) is 7.79. The third kappa shape index (κ3) is 3.00. The van der Waals surface area contributed by atoms with Gasteiger partial charge < -0.3 is 15.0 Å². The van der Waals surface area contributed by atoms with Crippen molar-refractivity contribution in [3.63, 3.8) is 0 Å². The Labute approximate surface area is 158 Å². The highest BCUT2D eigenvalue weighted by Crippen LogP contribution is 2.39. The maximum absolute atomic E-state index is 13.2. The molecule has 3 atom stereocenters. The lowest BCUT2D eigenvalue weighted by Crippen LogP contribution is -2.52. The number of imide groups is 1. The maximum atomic E-state index is 13.2. The zero-order valence-electron chi connectivity index (χ0n) is 15.7. The van der Waals surface area contributed by atoms with Gasteiger partial charge in [0.15, 0.2) is 0 Å². The molecule has 0 bridgehead atoms. The number of nitrogens with zero attached hydrogens (tertiary/aromatic N) is 2. The van der Waals surface area contributed by atoms with Gasteiger partial charge in [-0.1, -0.05) is 24.3 Å². The number of carbonyl (C=O) groups is 3. The van der Waals surface area contributed by atoms with Gasteiger partial charge in [-0.2, -0.15) is 0 Å². The van der Waals surface area contributed by atoms with E-state index in [0.717, 1.165) is 28.9 Å². The fourth-order valence-electron chi connectivity index (χ4n) is 4.57. The highest BCUT2D eigenvalue weighted by Gasteiger charge is 2.54. The first kappa shape index (κ1) is 18.0. The van der Waals surface area contributed by atoms with Gasteiger partial charge in [0.2, 0.25) is 5.91 Å². The Morgan fingerprint density at radius 3 is 2.67 bits per heavy atom. The number of fused-ring (bicyclic) bond motifs is 2. The van der Waals surface area contributed by atoms with Crippen LogP contribution in [0.2, 0.25) is 0 Å². The molecule has 1 N–H and O–H groups in total. The molecule has 1 aromatic rings. The van der Waals surface area contributed by atoms with Gasteiger partial charge in [0.05, 0.1) is 12.2 Å². The predicted molar refractivity (Wildman–Crippen MR) is 97.9 cm³/mol. The first-order valence-corrected chi connectivity index (χ1v) is 9.56. The molecule has 2 heterocycles. The summed E-state index contributed by atoms with van der Waals surface area (Å²) in [6, 6.07) is 7.25. The lowest BCUT2D eigenvalue weighted by molar-refractivity contribution is -0.147. The molecule has 1 aromatic carbocycles. The van der Waals surface area contributed by atoms with Crippen molar-refractivity contribution in [3.05, 3.63) is 35.4 Å². The fraction of sp³-hybridized carbons (Fsp3) is 0.550. The van der Waals surface area contributed by atoms with Crippen LogP contribution in [-0.4, -0.2) is 59.5 Å². The van der Waals surface area contributed by atoms with E-state index in [2.05, 4.69) is 5.32 Å². The van der Waals surface area contributed by atoms with Gasteiger partial charge >= 0.3 is 6.03 Å². The topological polar surface area (TPSA) is 79.0 Å². The highest BCUT2D eigenvalue weighted by atomic mass is 16.5. The van der Waals surface area contributed by atoms with Gasteiger partial charge in [0, 0.05) is 13.1 Å². The maximum Gasteiger partial charge on any atom is 0.325 e. The molecule has 4 rings (SSSR count). The fourth-order valence-corrected chi connectivity index (χ4v) is 4.57. The smallest absolute Gasteiger partial charge is 0.325 e. The summed E-state index contributed by atoms with van der Waals surface area (Å²) in [6.45, 7) is 4.55. The Morgan fingerprint density at radius 2 is 1.93 bits per heavy atom. The van der Waals surface area contributed by atoms with Crippen molar-refractivity contribution in [3.8, 4) is 0 Å². The highest BCUT2D eigenvalue weighted by molar-refractivity contribution is 6.09. The lowest BCUT2D eigenvalue weighted by atomic mass is 9.76. The van der Waals surface area contributed by atoms with E-state index in [1.54, 1.807) is 4.90 Å². The van der Waals surface area contributed by atoms with E-state index >= 15 is 0 Å². The Bertz CT molecular complexity index is 785. The average Bonchev–Trinajstić information content (AvgIpc) is 2.86. The summed E-state index contributed by atoms with van der Waals surface area (Å²) in [6.07, 6.45) is 2.16. The summed E-state index contributed by atoms with van der Waals surface area (Å²) in [7, 11) is 0. The average molecular weight is 371 g/mol. The van der Waals surface area contributed by atoms with E-state index < -0.39 is 11.6 Å². The number of amides is 4. The molecular weight excluding hydrogens is 346 g/mol. The molecule has 27 heavy (non-hydrogen) atoms. The van der Waals surface area contributed by atoms with Crippen molar-refractivity contribution in [1.29, 1.82) is 0 Å². The van der Waals surface area contributed by atoms with Crippen LogP contribution in [0, 0.1) is 0 Å². The van der Waals surface area contributed by atoms with Crippen LogP contribution in [0.5, 0.6) is 0 Å². The molecule has 1 aliphatic carbocycles. The van der Waals surface area contributed by atoms with Gasteiger partial charge in [-0.15, -0.1) is 0 Å². The molecule has 2 aliphatic heterocycles. The quantitative estimate of drug-likeness (QED) is 0.797. The Hall–Kier alpha value is -2.41. The molecule has 4 amide bonds. The van der Waals surface area contributed by atoms with E-state index in [1.165, 1.54) is 0 Å². The molecule has 0 saturated carbocycles. The summed E-state index contributed by atoms with van der Waals surface area (Å²) in [4.78, 5) is 41.4. The van der Waals surface area contributed by atoms with Gasteiger partial charge in [0.1, 0.15) is 12.1 Å². The van der Waals surface area contributed by atoms with Crippen LogP contribution in [0.1, 0.15) is 37.8 Å². The Kier molecular flexibility index (Phi) is 4.42.